The first-order valence-electron chi connectivity index (χ1n) is 11.6. The topological polar surface area (TPSA) is 85.2 Å². The van der Waals surface area contributed by atoms with Crippen LogP contribution in [-0.4, -0.2) is 49.7 Å². The molecule has 0 atom stereocenters. The van der Waals surface area contributed by atoms with Gasteiger partial charge < -0.3 is 15.0 Å². The minimum atomic E-state index is -0.676. The number of hydrogen-bond donors (Lipinski definition) is 1. The first-order valence-corrected chi connectivity index (χ1v) is 12.4. The van der Waals surface area contributed by atoms with Crippen molar-refractivity contribution in [2.45, 2.75) is 18.9 Å². The highest BCUT2D eigenvalue weighted by atomic mass is 35.5. The molecule has 0 bridgehead atoms. The Kier molecular flexibility index (Phi) is 6.99. The third-order valence-corrected chi connectivity index (χ3v) is 7.04. The quantitative estimate of drug-likeness (QED) is 0.246. The molecule has 37 heavy (non-hydrogen) atoms. The fraction of sp³-hybridized carbons (Fsp3) is 0.231. The van der Waals surface area contributed by atoms with Gasteiger partial charge in [-0.15, -0.1) is 0 Å². The van der Waals surface area contributed by atoms with Crippen molar-refractivity contribution in [1.82, 2.24) is 24.6 Å². The number of aryl methyl sites for hydroxylation is 1. The number of anilines is 2. The third-order valence-electron chi connectivity index (χ3n) is 6.26. The second-order valence-electron chi connectivity index (χ2n) is 8.69. The van der Waals surface area contributed by atoms with Gasteiger partial charge in [0.05, 0.1) is 27.4 Å². The largest absolute Gasteiger partial charge is 0.490 e. The monoisotopic (exact) mass is 540 g/mol. The van der Waals surface area contributed by atoms with Crippen molar-refractivity contribution in [2.75, 3.05) is 18.4 Å². The van der Waals surface area contributed by atoms with Crippen LogP contribution in [0, 0.1) is 5.82 Å². The Hall–Kier alpha value is -3.69. The summed E-state index contributed by atoms with van der Waals surface area (Å²) in [6, 6.07) is 6.75. The number of carbonyl (C=O) groups is 1. The van der Waals surface area contributed by atoms with Crippen molar-refractivity contribution in [2.24, 2.45) is 7.05 Å². The smallest absolute Gasteiger partial charge is 0.245 e. The summed E-state index contributed by atoms with van der Waals surface area (Å²) >= 11 is 11.9. The number of hydrogen-bond acceptors (Lipinski definition) is 6. The van der Waals surface area contributed by atoms with Crippen LogP contribution in [0.1, 0.15) is 12.8 Å². The lowest BCUT2D eigenvalue weighted by molar-refractivity contribution is -0.127. The van der Waals surface area contributed by atoms with Gasteiger partial charge in [-0.3, -0.25) is 9.48 Å². The van der Waals surface area contributed by atoms with Gasteiger partial charge >= 0.3 is 0 Å². The van der Waals surface area contributed by atoms with Crippen molar-refractivity contribution in [3.8, 4) is 16.9 Å². The fourth-order valence-corrected chi connectivity index (χ4v) is 4.63. The lowest BCUT2D eigenvalue weighted by Gasteiger charge is -2.32. The molecule has 8 nitrogen and oxygen atoms in total. The number of benzene rings is 2. The maximum atomic E-state index is 14.7. The highest BCUT2D eigenvalue weighted by Crippen LogP contribution is 2.38. The average molecular weight is 541 g/mol. The number of ether oxygens (including phenoxy) is 1. The van der Waals surface area contributed by atoms with Crippen LogP contribution >= 0.6 is 23.2 Å². The van der Waals surface area contributed by atoms with E-state index in [0.717, 1.165) is 11.1 Å². The maximum absolute atomic E-state index is 14.7. The summed E-state index contributed by atoms with van der Waals surface area (Å²) in [5.41, 5.74) is 2.45. The van der Waals surface area contributed by atoms with Crippen LogP contribution in [0.3, 0.4) is 0 Å². The molecule has 1 fully saturated rings. The molecule has 2 aromatic heterocycles. The van der Waals surface area contributed by atoms with Crippen molar-refractivity contribution in [3.05, 3.63) is 71.5 Å². The number of nitrogens with zero attached hydrogens (tertiary/aromatic N) is 5. The van der Waals surface area contributed by atoms with E-state index in [1.54, 1.807) is 15.8 Å². The van der Waals surface area contributed by atoms with E-state index in [9.17, 15) is 9.18 Å². The van der Waals surface area contributed by atoms with Crippen molar-refractivity contribution < 1.29 is 13.9 Å². The van der Waals surface area contributed by atoms with Crippen LogP contribution in [0.5, 0.6) is 5.75 Å². The van der Waals surface area contributed by atoms with Crippen molar-refractivity contribution in [3.63, 3.8) is 0 Å². The summed E-state index contributed by atoms with van der Waals surface area (Å²) in [5, 5.41) is 7.89. The summed E-state index contributed by atoms with van der Waals surface area (Å²) in [4.78, 5) is 22.5. The van der Waals surface area contributed by atoms with E-state index in [-0.39, 0.29) is 27.7 Å². The molecule has 1 N–H and O–H groups in total. The Bertz CT molecular complexity index is 1500. The molecule has 2 aromatic carbocycles. The standard InChI is InChI=1S/C26H23Cl2FN6O2/c1-3-23(36)35-8-6-16(7-9-35)37-22-11-18-21(10-17(22)15-12-32-34(2)13-15)30-14-31-26(18)33-20-5-4-19(27)24(28)25(20)29/h3-5,10-14,16H,1,6-9H2,2H3,(H,30,31,33). The van der Waals surface area contributed by atoms with Crippen molar-refractivity contribution >= 4 is 51.5 Å². The second-order valence-corrected chi connectivity index (χ2v) is 9.47. The van der Waals surface area contributed by atoms with E-state index >= 15 is 0 Å². The van der Waals surface area contributed by atoms with E-state index < -0.39 is 5.82 Å². The predicted octanol–water partition coefficient (Wildman–Crippen LogP) is 5.78. The number of fused-ring (bicyclic) bond motifs is 1. The Balaban J connectivity index is 1.53. The first-order chi connectivity index (χ1) is 17.8. The fourth-order valence-electron chi connectivity index (χ4n) is 4.32. The first kappa shape index (κ1) is 25.0. The summed E-state index contributed by atoms with van der Waals surface area (Å²) in [5.74, 6) is 0.241. The zero-order chi connectivity index (χ0) is 26.1. The van der Waals surface area contributed by atoms with Gasteiger partial charge in [-0.1, -0.05) is 29.8 Å². The predicted molar refractivity (Wildman–Crippen MR) is 142 cm³/mol. The molecule has 1 aliphatic heterocycles. The number of rotatable bonds is 6. The van der Waals surface area contributed by atoms with Crippen LogP contribution in [0.4, 0.5) is 15.9 Å². The molecule has 0 saturated carbocycles. The second kappa shape index (κ2) is 10.4. The Morgan fingerprint density at radius 3 is 2.73 bits per heavy atom. The summed E-state index contributed by atoms with van der Waals surface area (Å²) < 4.78 is 22.9. The highest BCUT2D eigenvalue weighted by Gasteiger charge is 2.24. The molecule has 1 aliphatic rings. The van der Waals surface area contributed by atoms with Crippen molar-refractivity contribution in [1.29, 1.82) is 0 Å². The minimum absolute atomic E-state index is 0.0809. The molecule has 0 unspecified atom stereocenters. The molecule has 0 radical (unpaired) electrons. The zero-order valence-corrected chi connectivity index (χ0v) is 21.4. The molecule has 11 heteroatoms. The number of carbonyl (C=O) groups excluding carboxylic acids is 1. The van der Waals surface area contributed by atoms with Gasteiger partial charge in [0.25, 0.3) is 0 Å². The Morgan fingerprint density at radius 1 is 1.24 bits per heavy atom. The highest BCUT2D eigenvalue weighted by molar-refractivity contribution is 6.42. The number of likely N-dealkylation sites (tertiary alicyclic amines) is 1. The lowest BCUT2D eigenvalue weighted by Crippen LogP contribution is -2.41. The van der Waals surface area contributed by atoms with E-state index in [0.29, 0.717) is 48.4 Å². The van der Waals surface area contributed by atoms with E-state index in [4.69, 9.17) is 27.9 Å². The summed E-state index contributed by atoms with van der Waals surface area (Å²) in [7, 11) is 1.84. The number of halogens is 3. The number of aromatic nitrogens is 4. The van der Waals surface area contributed by atoms with Gasteiger partial charge in [0.15, 0.2) is 5.82 Å². The molecule has 4 aromatic rings. The van der Waals surface area contributed by atoms with Gasteiger partial charge in [-0.05, 0) is 30.3 Å². The molecule has 0 aliphatic carbocycles. The maximum Gasteiger partial charge on any atom is 0.245 e. The molecule has 5 rings (SSSR count). The van der Waals surface area contributed by atoms with Gasteiger partial charge in [-0.25, -0.2) is 14.4 Å². The molecule has 1 amide bonds. The number of piperidine rings is 1. The Labute approximate surface area is 222 Å². The summed E-state index contributed by atoms with van der Waals surface area (Å²) in [6.45, 7) is 4.73. The van der Waals surface area contributed by atoms with Crippen LogP contribution in [0.25, 0.3) is 22.0 Å². The van der Waals surface area contributed by atoms with Gasteiger partial charge in [0, 0.05) is 55.7 Å². The number of nitrogens with one attached hydrogen (secondary N) is 1. The SMILES string of the molecule is C=CC(=O)N1CCC(Oc2cc3c(Nc4ccc(Cl)c(Cl)c4F)ncnc3cc2-c2cnn(C)c2)CC1. The molecular weight excluding hydrogens is 518 g/mol. The minimum Gasteiger partial charge on any atom is -0.490 e. The summed E-state index contributed by atoms with van der Waals surface area (Å²) in [6.07, 6.45) is 7.63. The van der Waals surface area contributed by atoms with E-state index in [1.807, 2.05) is 25.4 Å². The average Bonchev–Trinajstić information content (AvgIpc) is 3.35. The van der Waals surface area contributed by atoms with Crippen LogP contribution in [0.2, 0.25) is 10.0 Å². The molecule has 3 heterocycles. The van der Waals surface area contributed by atoms with Crippen LogP contribution in [-0.2, 0) is 11.8 Å². The van der Waals surface area contributed by atoms with E-state index in [1.165, 1.54) is 24.5 Å². The van der Waals surface area contributed by atoms with E-state index in [2.05, 4.69) is 27.0 Å². The van der Waals surface area contributed by atoms with Gasteiger partial charge in [0.2, 0.25) is 5.91 Å². The molecule has 1 saturated heterocycles. The number of amides is 1. The molecular formula is C26H23Cl2FN6O2. The van der Waals surface area contributed by atoms with Crippen LogP contribution in [0.15, 0.2) is 55.6 Å². The molecule has 190 valence electrons. The Morgan fingerprint density at radius 2 is 2.03 bits per heavy atom. The van der Waals surface area contributed by atoms with Gasteiger partial charge in [0.1, 0.15) is 24.0 Å². The molecule has 0 spiro atoms. The normalized spacial score (nSPS) is 14.1. The van der Waals surface area contributed by atoms with Gasteiger partial charge in [-0.2, -0.15) is 5.10 Å². The zero-order valence-electron chi connectivity index (χ0n) is 19.9. The lowest BCUT2D eigenvalue weighted by atomic mass is 10.0. The van der Waals surface area contributed by atoms with Crippen LogP contribution < -0.4 is 10.1 Å². The third kappa shape index (κ3) is 5.10.